The molecule has 1 aliphatic rings. The molecule has 5 nitrogen and oxygen atoms in total. The van der Waals surface area contributed by atoms with Crippen LogP contribution in [0.5, 0.6) is 0 Å². The number of nitrogens with zero attached hydrogens (tertiary/aromatic N) is 1. The van der Waals surface area contributed by atoms with E-state index in [1.54, 1.807) is 12.1 Å². The first-order valence-corrected chi connectivity index (χ1v) is 9.34. The van der Waals surface area contributed by atoms with Crippen molar-refractivity contribution in [3.63, 3.8) is 0 Å². The van der Waals surface area contributed by atoms with Crippen molar-refractivity contribution in [1.82, 2.24) is 9.62 Å². The number of nitrogens with one attached hydrogen (secondary N) is 1. The highest BCUT2D eigenvalue weighted by molar-refractivity contribution is 9.10. The van der Waals surface area contributed by atoms with Gasteiger partial charge in [-0.25, -0.2) is 13.1 Å². The Hall–Kier alpha value is -0.470. The van der Waals surface area contributed by atoms with Gasteiger partial charge in [-0.1, -0.05) is 6.07 Å². The molecule has 1 aliphatic heterocycles. The highest BCUT2D eigenvalue weighted by Gasteiger charge is 2.22. The standard InChI is InChI=1S/C14H21BrN2O3S/c1-11(9-17-6-2-3-7-17)16-21(19,20)14-5-4-12(10-18)8-13(14)15/h4-5,8,11,16,18H,2-3,6-7,9-10H2,1H3. The summed E-state index contributed by atoms with van der Waals surface area (Å²) >= 11 is 3.26. The maximum absolute atomic E-state index is 12.4. The fraction of sp³-hybridized carbons (Fsp3) is 0.571. The molecule has 2 N–H and O–H groups in total. The second-order valence-electron chi connectivity index (χ2n) is 5.45. The lowest BCUT2D eigenvalue weighted by atomic mass is 10.2. The third-order valence-electron chi connectivity index (χ3n) is 3.56. The zero-order valence-electron chi connectivity index (χ0n) is 12.0. The number of rotatable bonds is 6. The SMILES string of the molecule is CC(CN1CCCC1)NS(=O)(=O)c1ccc(CO)cc1Br. The zero-order chi connectivity index (χ0) is 15.5. The van der Waals surface area contributed by atoms with E-state index in [2.05, 4.69) is 25.6 Å². The summed E-state index contributed by atoms with van der Waals surface area (Å²) in [5.74, 6) is 0. The van der Waals surface area contributed by atoms with E-state index in [1.807, 2.05) is 6.92 Å². The minimum absolute atomic E-state index is 0.113. The van der Waals surface area contributed by atoms with Gasteiger partial charge >= 0.3 is 0 Å². The lowest BCUT2D eigenvalue weighted by Crippen LogP contribution is -2.41. The summed E-state index contributed by atoms with van der Waals surface area (Å²) in [4.78, 5) is 2.48. The topological polar surface area (TPSA) is 69.6 Å². The van der Waals surface area contributed by atoms with Crippen LogP contribution < -0.4 is 4.72 Å². The van der Waals surface area contributed by atoms with Crippen molar-refractivity contribution in [1.29, 1.82) is 0 Å². The second-order valence-corrected chi connectivity index (χ2v) is 7.99. The minimum Gasteiger partial charge on any atom is -0.392 e. The molecule has 0 bridgehead atoms. The van der Waals surface area contributed by atoms with E-state index in [1.165, 1.54) is 18.9 Å². The number of hydrogen-bond acceptors (Lipinski definition) is 4. The zero-order valence-corrected chi connectivity index (χ0v) is 14.5. The predicted octanol–water partition coefficient (Wildman–Crippen LogP) is 1.70. The van der Waals surface area contributed by atoms with E-state index in [0.29, 0.717) is 10.0 Å². The summed E-state index contributed by atoms with van der Waals surface area (Å²) in [6, 6.07) is 4.61. The number of hydrogen-bond donors (Lipinski definition) is 2. The van der Waals surface area contributed by atoms with E-state index < -0.39 is 10.0 Å². The van der Waals surface area contributed by atoms with Gasteiger partial charge in [0, 0.05) is 17.1 Å². The van der Waals surface area contributed by atoms with Crippen molar-refractivity contribution in [2.24, 2.45) is 0 Å². The molecule has 7 heteroatoms. The van der Waals surface area contributed by atoms with E-state index in [0.717, 1.165) is 19.6 Å². The van der Waals surface area contributed by atoms with Gasteiger partial charge in [0.2, 0.25) is 10.0 Å². The Morgan fingerprint density at radius 3 is 2.62 bits per heavy atom. The Morgan fingerprint density at radius 2 is 2.05 bits per heavy atom. The Morgan fingerprint density at radius 1 is 1.38 bits per heavy atom. The van der Waals surface area contributed by atoms with Crippen LogP contribution in [0.2, 0.25) is 0 Å². The van der Waals surface area contributed by atoms with E-state index in [9.17, 15) is 8.42 Å². The van der Waals surface area contributed by atoms with Gasteiger partial charge < -0.3 is 10.0 Å². The summed E-state index contributed by atoms with van der Waals surface area (Å²) in [5, 5.41) is 9.07. The maximum Gasteiger partial charge on any atom is 0.241 e. The van der Waals surface area contributed by atoms with Gasteiger partial charge in [0.25, 0.3) is 0 Å². The molecule has 1 aromatic rings. The maximum atomic E-state index is 12.4. The predicted molar refractivity (Wildman–Crippen MR) is 85.5 cm³/mol. The Balaban J connectivity index is 2.06. The van der Waals surface area contributed by atoms with Crippen molar-refractivity contribution in [3.8, 4) is 0 Å². The highest BCUT2D eigenvalue weighted by Crippen LogP contribution is 2.23. The molecule has 1 saturated heterocycles. The van der Waals surface area contributed by atoms with Gasteiger partial charge in [0.05, 0.1) is 11.5 Å². The molecule has 1 atom stereocenters. The fourth-order valence-electron chi connectivity index (χ4n) is 2.58. The molecule has 0 radical (unpaired) electrons. The van der Waals surface area contributed by atoms with Crippen molar-refractivity contribution in [2.75, 3.05) is 19.6 Å². The third kappa shape index (κ3) is 4.50. The molecule has 1 heterocycles. The molecular formula is C14H21BrN2O3S. The number of sulfonamides is 1. The lowest BCUT2D eigenvalue weighted by molar-refractivity contribution is 0.281. The molecule has 0 aromatic heterocycles. The first-order valence-electron chi connectivity index (χ1n) is 7.06. The van der Waals surface area contributed by atoms with Gasteiger partial charge in [-0.3, -0.25) is 0 Å². The monoisotopic (exact) mass is 376 g/mol. The van der Waals surface area contributed by atoms with Crippen LogP contribution in [0.1, 0.15) is 25.3 Å². The average Bonchev–Trinajstić information content (AvgIpc) is 2.90. The molecule has 0 aliphatic carbocycles. The van der Waals surface area contributed by atoms with E-state index in [4.69, 9.17) is 5.11 Å². The van der Waals surface area contributed by atoms with Crippen LogP contribution in [-0.4, -0.2) is 44.1 Å². The number of benzene rings is 1. The van der Waals surface area contributed by atoms with Crippen LogP contribution >= 0.6 is 15.9 Å². The number of aliphatic hydroxyl groups is 1. The molecule has 0 amide bonds. The van der Waals surface area contributed by atoms with Gasteiger partial charge in [0.1, 0.15) is 0 Å². The first kappa shape index (κ1) is 16.9. The molecule has 1 aromatic carbocycles. The van der Waals surface area contributed by atoms with Crippen molar-refractivity contribution in [2.45, 2.75) is 37.3 Å². The van der Waals surface area contributed by atoms with Crippen LogP contribution in [0.25, 0.3) is 0 Å². The second kappa shape index (κ2) is 7.19. The number of halogens is 1. The summed E-state index contributed by atoms with van der Waals surface area (Å²) in [6.45, 7) is 4.58. The Labute approximate surface area is 134 Å². The van der Waals surface area contributed by atoms with Crippen LogP contribution in [0.3, 0.4) is 0 Å². The van der Waals surface area contributed by atoms with Crippen LogP contribution in [0.4, 0.5) is 0 Å². The third-order valence-corrected chi connectivity index (χ3v) is 6.12. The van der Waals surface area contributed by atoms with Crippen molar-refractivity contribution in [3.05, 3.63) is 28.2 Å². The fourth-order valence-corrected chi connectivity index (χ4v) is 4.94. The van der Waals surface area contributed by atoms with Gasteiger partial charge in [-0.15, -0.1) is 0 Å². The van der Waals surface area contributed by atoms with E-state index >= 15 is 0 Å². The molecule has 2 rings (SSSR count). The number of aliphatic hydroxyl groups excluding tert-OH is 1. The van der Waals surface area contributed by atoms with Crippen molar-refractivity contribution < 1.29 is 13.5 Å². The molecule has 1 unspecified atom stereocenters. The van der Waals surface area contributed by atoms with Crippen LogP contribution in [-0.2, 0) is 16.6 Å². The summed E-state index contributed by atoms with van der Waals surface area (Å²) in [7, 11) is -3.56. The molecular weight excluding hydrogens is 356 g/mol. The van der Waals surface area contributed by atoms with E-state index in [-0.39, 0.29) is 17.5 Å². The number of likely N-dealkylation sites (tertiary alicyclic amines) is 1. The summed E-state index contributed by atoms with van der Waals surface area (Å²) in [5.41, 5.74) is 0.672. The average molecular weight is 377 g/mol. The van der Waals surface area contributed by atoms with Crippen LogP contribution in [0, 0.1) is 0 Å². The summed E-state index contributed by atoms with van der Waals surface area (Å²) < 4.78 is 28.0. The van der Waals surface area contributed by atoms with Gasteiger partial charge in [-0.2, -0.15) is 0 Å². The summed E-state index contributed by atoms with van der Waals surface area (Å²) in [6.07, 6.45) is 2.38. The van der Waals surface area contributed by atoms with Crippen LogP contribution in [0.15, 0.2) is 27.6 Å². The molecule has 0 saturated carbocycles. The Kier molecular flexibility index (Phi) is 5.79. The first-order chi connectivity index (χ1) is 9.92. The van der Waals surface area contributed by atoms with Gasteiger partial charge in [-0.05, 0) is 66.5 Å². The van der Waals surface area contributed by atoms with Crippen molar-refractivity contribution >= 4 is 26.0 Å². The molecule has 0 spiro atoms. The molecule has 21 heavy (non-hydrogen) atoms. The highest BCUT2D eigenvalue weighted by atomic mass is 79.9. The molecule has 1 fully saturated rings. The molecule has 118 valence electrons. The smallest absolute Gasteiger partial charge is 0.241 e. The Bertz CT molecular complexity index is 586. The largest absolute Gasteiger partial charge is 0.392 e. The lowest BCUT2D eigenvalue weighted by Gasteiger charge is -2.21. The quantitative estimate of drug-likeness (QED) is 0.792. The minimum atomic E-state index is -3.56. The normalized spacial score (nSPS) is 18.0. The van der Waals surface area contributed by atoms with Gasteiger partial charge in [0.15, 0.2) is 0 Å².